The molecule has 9 nitrogen and oxygen atoms in total. The lowest BCUT2D eigenvalue weighted by atomic mass is 9.84. The standard InChI is InChI=1S/C31H47N3O6/c1-12-39-28(37)20(4)17-23(19(2)3)33(11)27(36)25(30(5,6)7)32-26(35)24-18-21-15-13-14-16-22(21)34(24)29(38)40-31(8,9)10/h13-17,19,23-25H,12,18H2,1-11H3,(H,32,35)/t23-,24?,25-/m1/s1. The molecule has 0 spiro atoms. The molecule has 1 heterocycles. The van der Waals surface area contributed by atoms with E-state index in [1.165, 1.54) is 4.90 Å². The van der Waals surface area contributed by atoms with E-state index in [1.807, 2.05) is 52.8 Å². The zero-order valence-electron chi connectivity index (χ0n) is 26.0. The number of anilines is 1. The highest BCUT2D eigenvalue weighted by Gasteiger charge is 2.44. The first-order chi connectivity index (χ1) is 18.4. The van der Waals surface area contributed by atoms with E-state index >= 15 is 0 Å². The molecule has 0 bridgehead atoms. The fraction of sp³-hybridized carbons (Fsp3) is 0.613. The van der Waals surface area contributed by atoms with Crippen LogP contribution in [-0.2, 0) is 30.3 Å². The molecule has 0 fully saturated rings. The second kappa shape index (κ2) is 12.9. The Morgan fingerprint density at radius 3 is 2.23 bits per heavy atom. The van der Waals surface area contributed by atoms with Gasteiger partial charge in [0.25, 0.3) is 0 Å². The number of likely N-dealkylation sites (N-methyl/N-ethyl adjacent to an activating group) is 1. The maximum Gasteiger partial charge on any atom is 0.415 e. The van der Waals surface area contributed by atoms with Crippen molar-refractivity contribution in [3.8, 4) is 0 Å². The van der Waals surface area contributed by atoms with Gasteiger partial charge in [0.1, 0.15) is 17.7 Å². The molecule has 1 unspecified atom stereocenters. The van der Waals surface area contributed by atoms with Crippen LogP contribution in [0.25, 0.3) is 0 Å². The lowest BCUT2D eigenvalue weighted by molar-refractivity contribution is -0.140. The summed E-state index contributed by atoms with van der Waals surface area (Å²) in [5, 5.41) is 2.96. The molecule has 3 amide bonds. The zero-order valence-corrected chi connectivity index (χ0v) is 26.0. The highest BCUT2D eigenvalue weighted by Crippen LogP contribution is 2.34. The Morgan fingerprint density at radius 2 is 1.70 bits per heavy atom. The Hall–Kier alpha value is -3.36. The summed E-state index contributed by atoms with van der Waals surface area (Å²) in [6.45, 7) is 18.5. The maximum atomic E-state index is 13.9. The van der Waals surface area contributed by atoms with Crippen molar-refractivity contribution in [1.82, 2.24) is 10.2 Å². The molecule has 1 N–H and O–H groups in total. The third-order valence-electron chi connectivity index (χ3n) is 6.76. The maximum absolute atomic E-state index is 13.9. The zero-order chi connectivity index (χ0) is 30.6. The molecule has 9 heteroatoms. The average molecular weight is 558 g/mol. The Labute approximate surface area is 239 Å². The minimum absolute atomic E-state index is 0.0124. The number of amides is 3. The summed E-state index contributed by atoms with van der Waals surface area (Å²) in [6, 6.07) is 5.16. The monoisotopic (exact) mass is 557 g/mol. The molecule has 0 aromatic heterocycles. The Kier molecular flexibility index (Phi) is 10.6. The van der Waals surface area contributed by atoms with E-state index in [0.717, 1.165) is 5.56 Å². The number of hydrogen-bond donors (Lipinski definition) is 1. The average Bonchev–Trinajstić information content (AvgIpc) is 3.23. The van der Waals surface area contributed by atoms with E-state index in [0.29, 0.717) is 17.7 Å². The number of nitrogens with zero attached hydrogens (tertiary/aromatic N) is 2. The van der Waals surface area contributed by atoms with Crippen LogP contribution in [0.3, 0.4) is 0 Å². The van der Waals surface area contributed by atoms with Gasteiger partial charge in [-0.2, -0.15) is 0 Å². The van der Waals surface area contributed by atoms with Gasteiger partial charge in [0.15, 0.2) is 0 Å². The summed E-state index contributed by atoms with van der Waals surface area (Å²) < 4.78 is 10.7. The lowest BCUT2D eigenvalue weighted by Crippen LogP contribution is -2.60. The fourth-order valence-corrected chi connectivity index (χ4v) is 4.69. The molecule has 1 aliphatic heterocycles. The Balaban J connectivity index is 2.38. The van der Waals surface area contributed by atoms with Crippen LogP contribution in [0.1, 0.15) is 74.8 Å². The van der Waals surface area contributed by atoms with Crippen molar-refractivity contribution >= 4 is 29.6 Å². The summed E-state index contributed by atoms with van der Waals surface area (Å²) >= 11 is 0. The van der Waals surface area contributed by atoms with Crippen LogP contribution < -0.4 is 10.2 Å². The summed E-state index contributed by atoms with van der Waals surface area (Å²) in [4.78, 5) is 56.2. The van der Waals surface area contributed by atoms with Crippen LogP contribution in [-0.4, -0.2) is 66.2 Å². The summed E-state index contributed by atoms with van der Waals surface area (Å²) in [5.41, 5.74) is 0.484. The van der Waals surface area contributed by atoms with Crippen molar-refractivity contribution in [1.29, 1.82) is 0 Å². The number of esters is 1. The Morgan fingerprint density at radius 1 is 1.10 bits per heavy atom. The van der Waals surface area contributed by atoms with E-state index in [4.69, 9.17) is 9.47 Å². The molecule has 222 valence electrons. The largest absolute Gasteiger partial charge is 0.463 e. The number of carbonyl (C=O) groups excluding carboxylic acids is 4. The number of rotatable bonds is 8. The highest BCUT2D eigenvalue weighted by atomic mass is 16.6. The van der Waals surface area contributed by atoms with E-state index in [9.17, 15) is 19.2 Å². The number of benzene rings is 1. The predicted octanol–water partition coefficient (Wildman–Crippen LogP) is 4.88. The molecule has 1 aromatic carbocycles. The number of para-hydroxylation sites is 1. The van der Waals surface area contributed by atoms with Crippen LogP contribution >= 0.6 is 0 Å². The number of carbonyl (C=O) groups is 4. The first-order valence-electron chi connectivity index (χ1n) is 13.9. The molecular formula is C31H47N3O6. The van der Waals surface area contributed by atoms with Gasteiger partial charge in [-0.1, -0.05) is 58.9 Å². The predicted molar refractivity (Wildman–Crippen MR) is 156 cm³/mol. The van der Waals surface area contributed by atoms with E-state index in [2.05, 4.69) is 5.32 Å². The van der Waals surface area contributed by atoms with Crippen molar-refractivity contribution in [2.45, 2.75) is 99.4 Å². The van der Waals surface area contributed by atoms with E-state index in [1.54, 1.807) is 58.7 Å². The molecule has 0 aliphatic carbocycles. The summed E-state index contributed by atoms with van der Waals surface area (Å²) in [7, 11) is 1.67. The number of nitrogens with one attached hydrogen (secondary N) is 1. The third-order valence-corrected chi connectivity index (χ3v) is 6.76. The van der Waals surface area contributed by atoms with Crippen LogP contribution in [0.15, 0.2) is 35.9 Å². The molecule has 1 aliphatic rings. The SMILES string of the molecule is CCOC(=O)C(C)=C[C@H](C(C)C)N(C)C(=O)[C@@H](NC(=O)C1Cc2ccccc2N1C(=O)OC(C)(C)C)C(C)(C)C. The second-order valence-electron chi connectivity index (χ2n) is 12.8. The second-order valence-corrected chi connectivity index (χ2v) is 12.8. The van der Waals surface area contributed by atoms with Gasteiger partial charge in [0.2, 0.25) is 11.8 Å². The molecule has 1 aromatic rings. The molecule has 0 radical (unpaired) electrons. The van der Waals surface area contributed by atoms with Gasteiger partial charge in [-0.25, -0.2) is 9.59 Å². The van der Waals surface area contributed by atoms with Crippen molar-refractivity contribution in [2.75, 3.05) is 18.6 Å². The van der Waals surface area contributed by atoms with Gasteiger partial charge < -0.3 is 19.7 Å². The molecule has 0 saturated heterocycles. The molecule has 3 atom stereocenters. The fourth-order valence-electron chi connectivity index (χ4n) is 4.69. The Bertz CT molecular complexity index is 1130. The molecule has 40 heavy (non-hydrogen) atoms. The quantitative estimate of drug-likeness (QED) is 0.361. The van der Waals surface area contributed by atoms with Crippen LogP contribution in [0.4, 0.5) is 10.5 Å². The minimum atomic E-state index is -0.897. The van der Waals surface area contributed by atoms with Crippen molar-refractivity contribution in [3.05, 3.63) is 41.5 Å². The minimum Gasteiger partial charge on any atom is -0.463 e. The van der Waals surface area contributed by atoms with Crippen LogP contribution in [0, 0.1) is 11.3 Å². The highest BCUT2D eigenvalue weighted by molar-refractivity contribution is 6.02. The van der Waals surface area contributed by atoms with Crippen molar-refractivity contribution in [3.63, 3.8) is 0 Å². The van der Waals surface area contributed by atoms with E-state index in [-0.39, 0.29) is 18.4 Å². The lowest BCUT2D eigenvalue weighted by Gasteiger charge is -2.38. The van der Waals surface area contributed by atoms with Crippen molar-refractivity contribution in [2.24, 2.45) is 11.3 Å². The smallest absolute Gasteiger partial charge is 0.415 e. The summed E-state index contributed by atoms with van der Waals surface area (Å²) in [5.74, 6) is -1.19. The van der Waals surface area contributed by atoms with Crippen LogP contribution in [0.5, 0.6) is 0 Å². The van der Waals surface area contributed by atoms with Gasteiger partial charge in [0, 0.05) is 19.0 Å². The number of hydrogen-bond acceptors (Lipinski definition) is 6. The molecule has 0 saturated carbocycles. The van der Waals surface area contributed by atoms with Gasteiger partial charge in [-0.05, 0) is 57.6 Å². The number of ether oxygens (including phenoxy) is 2. The third kappa shape index (κ3) is 8.08. The number of fused-ring (bicyclic) bond motifs is 1. The van der Waals surface area contributed by atoms with Gasteiger partial charge in [-0.3, -0.25) is 14.5 Å². The summed E-state index contributed by atoms with van der Waals surface area (Å²) in [6.07, 6.45) is 1.42. The first-order valence-corrected chi connectivity index (χ1v) is 13.9. The van der Waals surface area contributed by atoms with Gasteiger partial charge >= 0.3 is 12.1 Å². The normalized spacial score (nSPS) is 17.1. The van der Waals surface area contributed by atoms with Gasteiger partial charge in [-0.15, -0.1) is 0 Å². The van der Waals surface area contributed by atoms with Gasteiger partial charge in [0.05, 0.1) is 18.3 Å². The molecular weight excluding hydrogens is 510 g/mol. The first kappa shape index (κ1) is 32.8. The topological polar surface area (TPSA) is 105 Å². The van der Waals surface area contributed by atoms with Crippen LogP contribution in [0.2, 0.25) is 0 Å². The van der Waals surface area contributed by atoms with E-state index < -0.39 is 47.1 Å². The molecule has 2 rings (SSSR count). The van der Waals surface area contributed by atoms with Crippen molar-refractivity contribution < 1.29 is 28.7 Å².